The summed E-state index contributed by atoms with van der Waals surface area (Å²) in [4.78, 5) is 34.7. The Morgan fingerprint density at radius 3 is 2.36 bits per heavy atom. The topological polar surface area (TPSA) is 47.1 Å². The number of rotatable bonds is 2. The minimum Gasteiger partial charge on any atom is -0.368 e. The van der Waals surface area contributed by atoms with Gasteiger partial charge in [0.25, 0.3) is 0 Å². The normalized spacial score (nSPS) is 19.1. The molecule has 33 heavy (non-hydrogen) atoms. The maximum Gasteiger partial charge on any atom is 0.326 e. The van der Waals surface area contributed by atoms with Crippen LogP contribution < -0.4 is 9.80 Å². The van der Waals surface area contributed by atoms with Crippen molar-refractivity contribution in [3.63, 3.8) is 0 Å². The molecule has 1 saturated heterocycles. The summed E-state index contributed by atoms with van der Waals surface area (Å²) in [6.45, 7) is 5.84. The largest absolute Gasteiger partial charge is 0.368 e. The van der Waals surface area contributed by atoms with Crippen molar-refractivity contribution < 1.29 is 9.59 Å². The van der Waals surface area contributed by atoms with Crippen molar-refractivity contribution >= 4 is 34.9 Å². The number of para-hydroxylation sites is 1. The Hall–Kier alpha value is -2.73. The average Bonchev–Trinajstić information content (AvgIpc) is 3.38. The predicted octanol–water partition coefficient (Wildman–Crippen LogP) is 4.89. The number of benzene rings is 2. The van der Waals surface area contributed by atoms with Gasteiger partial charge in [-0.1, -0.05) is 42.6 Å². The van der Waals surface area contributed by atoms with Crippen LogP contribution in [0.4, 0.5) is 16.2 Å². The van der Waals surface area contributed by atoms with Crippen molar-refractivity contribution in [1.29, 1.82) is 0 Å². The Morgan fingerprint density at radius 2 is 1.64 bits per heavy atom. The van der Waals surface area contributed by atoms with Crippen LogP contribution in [0.2, 0.25) is 5.02 Å². The number of nitrogens with zero attached hydrogens (tertiary/aromatic N) is 4. The summed E-state index contributed by atoms with van der Waals surface area (Å²) in [5.41, 5.74) is 4.28. The van der Waals surface area contributed by atoms with Crippen LogP contribution in [-0.2, 0) is 11.3 Å². The fourth-order valence-corrected chi connectivity index (χ4v) is 5.61. The summed E-state index contributed by atoms with van der Waals surface area (Å²) in [5.74, 6) is 0.251. The number of anilines is 2. The van der Waals surface area contributed by atoms with Gasteiger partial charge in [0.2, 0.25) is 5.91 Å². The Labute approximate surface area is 200 Å². The van der Waals surface area contributed by atoms with Crippen LogP contribution in [0.1, 0.15) is 36.8 Å². The van der Waals surface area contributed by atoms with Gasteiger partial charge >= 0.3 is 6.03 Å². The van der Waals surface area contributed by atoms with E-state index in [0.29, 0.717) is 31.3 Å². The Morgan fingerprint density at radius 1 is 0.909 bits per heavy atom. The zero-order chi connectivity index (χ0) is 22.9. The number of amides is 3. The van der Waals surface area contributed by atoms with Crippen LogP contribution in [-0.4, -0.2) is 54.6 Å². The number of hydrogen-bond acceptors (Lipinski definition) is 3. The fraction of sp³-hybridized carbons (Fsp3) is 0.462. The Kier molecular flexibility index (Phi) is 6.19. The van der Waals surface area contributed by atoms with Gasteiger partial charge in [-0.2, -0.15) is 0 Å². The molecular formula is C26H31ClN4O2. The molecule has 174 valence electrons. The monoisotopic (exact) mass is 466 g/mol. The fourth-order valence-electron chi connectivity index (χ4n) is 5.42. The lowest BCUT2D eigenvalue weighted by Crippen LogP contribution is -2.57. The maximum absolute atomic E-state index is 13.7. The quantitative estimate of drug-likeness (QED) is 0.633. The van der Waals surface area contributed by atoms with Crippen molar-refractivity contribution in [3.8, 4) is 0 Å². The van der Waals surface area contributed by atoms with Crippen molar-refractivity contribution in [2.24, 2.45) is 5.92 Å². The second kappa shape index (κ2) is 9.26. The predicted molar refractivity (Wildman–Crippen MR) is 132 cm³/mol. The van der Waals surface area contributed by atoms with Crippen LogP contribution >= 0.6 is 11.6 Å². The zero-order valence-electron chi connectivity index (χ0n) is 19.2. The zero-order valence-corrected chi connectivity index (χ0v) is 19.9. The third-order valence-corrected chi connectivity index (χ3v) is 7.49. The maximum atomic E-state index is 13.7. The minimum atomic E-state index is -0.0353. The first-order chi connectivity index (χ1) is 16.0. The number of carbonyl (C=O) groups excluding carboxylic acids is 2. The van der Waals surface area contributed by atoms with E-state index in [1.165, 1.54) is 11.3 Å². The second-order valence-corrected chi connectivity index (χ2v) is 9.84. The third-order valence-electron chi connectivity index (χ3n) is 7.26. The number of carbonyl (C=O) groups is 2. The molecule has 0 bridgehead atoms. The first-order valence-corrected chi connectivity index (χ1v) is 12.3. The summed E-state index contributed by atoms with van der Waals surface area (Å²) in [6, 6.07) is 14.0. The van der Waals surface area contributed by atoms with E-state index in [2.05, 4.69) is 36.1 Å². The molecule has 2 heterocycles. The second-order valence-electron chi connectivity index (χ2n) is 9.40. The number of piperazine rings is 1. The number of aryl methyl sites for hydroxylation is 1. The molecule has 7 heteroatoms. The molecule has 0 aromatic heterocycles. The Bertz CT molecular complexity index is 1040. The van der Waals surface area contributed by atoms with Crippen LogP contribution in [0.3, 0.4) is 0 Å². The highest BCUT2D eigenvalue weighted by atomic mass is 35.5. The standard InChI is InChI=1S/C26H31ClN4O2/c1-19-6-2-5-9-23(19)28-12-14-29(15-13-28)26(33)31-18-30(25(32)20-7-3-4-8-20)17-21-16-22(27)10-11-24(21)31/h2,5-6,9-11,16,20H,3-4,7-8,12-15,17-18H2,1H3. The molecule has 0 unspecified atom stereocenters. The van der Waals surface area contributed by atoms with Crippen molar-refractivity contribution in [2.45, 2.75) is 39.2 Å². The van der Waals surface area contributed by atoms with Crippen LogP contribution in [0.15, 0.2) is 42.5 Å². The number of fused-ring (bicyclic) bond motifs is 1. The molecule has 0 spiro atoms. The molecule has 3 amide bonds. The highest BCUT2D eigenvalue weighted by molar-refractivity contribution is 6.30. The number of hydrogen-bond donors (Lipinski definition) is 0. The van der Waals surface area contributed by atoms with Gasteiger partial charge in [-0.25, -0.2) is 4.79 Å². The molecule has 6 nitrogen and oxygen atoms in total. The van der Waals surface area contributed by atoms with Gasteiger partial charge in [-0.15, -0.1) is 0 Å². The first kappa shape index (κ1) is 22.1. The van der Waals surface area contributed by atoms with E-state index in [1.54, 1.807) is 4.90 Å². The van der Waals surface area contributed by atoms with Crippen LogP contribution in [0.25, 0.3) is 0 Å². The van der Waals surface area contributed by atoms with Gasteiger partial charge in [0.05, 0.1) is 5.69 Å². The molecule has 2 aromatic carbocycles. The Balaban J connectivity index is 1.33. The van der Waals surface area contributed by atoms with E-state index in [0.717, 1.165) is 50.0 Å². The third kappa shape index (κ3) is 4.41. The van der Waals surface area contributed by atoms with E-state index >= 15 is 0 Å². The van der Waals surface area contributed by atoms with Gasteiger partial charge in [-0.3, -0.25) is 9.69 Å². The van der Waals surface area contributed by atoms with Crippen LogP contribution in [0.5, 0.6) is 0 Å². The molecular weight excluding hydrogens is 436 g/mol. The lowest BCUT2D eigenvalue weighted by atomic mass is 10.0. The molecule has 1 aliphatic carbocycles. The first-order valence-electron chi connectivity index (χ1n) is 12.0. The molecule has 5 rings (SSSR count). The van der Waals surface area contributed by atoms with E-state index in [-0.39, 0.29) is 17.9 Å². The van der Waals surface area contributed by atoms with Crippen LogP contribution in [0, 0.1) is 12.8 Å². The van der Waals surface area contributed by atoms with E-state index in [9.17, 15) is 9.59 Å². The molecule has 0 N–H and O–H groups in total. The van der Waals surface area contributed by atoms with E-state index in [4.69, 9.17) is 11.6 Å². The lowest BCUT2D eigenvalue weighted by molar-refractivity contribution is -0.136. The summed E-state index contributed by atoms with van der Waals surface area (Å²) in [6.07, 6.45) is 4.13. The summed E-state index contributed by atoms with van der Waals surface area (Å²) >= 11 is 6.27. The van der Waals surface area contributed by atoms with Gasteiger partial charge in [0.15, 0.2) is 0 Å². The summed E-state index contributed by atoms with van der Waals surface area (Å²) in [5, 5.41) is 0.628. The molecule has 2 fully saturated rings. The summed E-state index contributed by atoms with van der Waals surface area (Å²) < 4.78 is 0. The van der Waals surface area contributed by atoms with Crippen molar-refractivity contribution in [3.05, 3.63) is 58.6 Å². The minimum absolute atomic E-state index is 0.0353. The molecule has 0 radical (unpaired) electrons. The SMILES string of the molecule is Cc1ccccc1N1CCN(C(=O)N2CN(C(=O)C3CCCC3)Cc3cc(Cl)ccc32)CC1. The highest BCUT2D eigenvalue weighted by Gasteiger charge is 2.36. The average molecular weight is 467 g/mol. The molecule has 3 aliphatic rings. The highest BCUT2D eigenvalue weighted by Crippen LogP contribution is 2.34. The van der Waals surface area contributed by atoms with Crippen molar-refractivity contribution in [1.82, 2.24) is 9.80 Å². The number of urea groups is 1. The molecule has 0 atom stereocenters. The summed E-state index contributed by atoms with van der Waals surface area (Å²) in [7, 11) is 0. The number of halogens is 1. The molecule has 1 saturated carbocycles. The van der Waals surface area contributed by atoms with Gasteiger partial charge in [0.1, 0.15) is 6.67 Å². The van der Waals surface area contributed by atoms with Gasteiger partial charge in [0, 0.05) is 49.4 Å². The van der Waals surface area contributed by atoms with Gasteiger partial charge < -0.3 is 14.7 Å². The smallest absolute Gasteiger partial charge is 0.326 e. The van der Waals surface area contributed by atoms with E-state index < -0.39 is 0 Å². The lowest BCUT2D eigenvalue weighted by Gasteiger charge is -2.43. The molecule has 2 aliphatic heterocycles. The van der Waals surface area contributed by atoms with Crippen molar-refractivity contribution in [2.75, 3.05) is 42.6 Å². The van der Waals surface area contributed by atoms with Gasteiger partial charge in [-0.05, 0) is 55.2 Å². The van der Waals surface area contributed by atoms with E-state index in [1.807, 2.05) is 28.0 Å². The molecule has 2 aromatic rings.